The highest BCUT2D eigenvalue weighted by Crippen LogP contribution is 2.22. The molecular formula is C13H10F3N3O. The summed E-state index contributed by atoms with van der Waals surface area (Å²) in [5.74, 6) is -3.94. The zero-order chi connectivity index (χ0) is 14.7. The molecule has 7 heteroatoms. The fraction of sp³-hybridized carbons (Fsp3) is 0.0769. The SMILES string of the molecule is CNc1ncccc1C(=O)Nc1c(F)cc(F)cc1F. The van der Waals surface area contributed by atoms with Gasteiger partial charge in [-0.3, -0.25) is 4.79 Å². The molecule has 4 nitrogen and oxygen atoms in total. The number of rotatable bonds is 3. The summed E-state index contributed by atoms with van der Waals surface area (Å²) >= 11 is 0. The van der Waals surface area contributed by atoms with E-state index in [4.69, 9.17) is 0 Å². The predicted octanol–water partition coefficient (Wildman–Crippen LogP) is 2.79. The molecular weight excluding hydrogens is 271 g/mol. The third-order valence-corrected chi connectivity index (χ3v) is 2.53. The Balaban J connectivity index is 2.33. The van der Waals surface area contributed by atoms with Crippen LogP contribution in [0.5, 0.6) is 0 Å². The highest BCUT2D eigenvalue weighted by Gasteiger charge is 2.17. The second kappa shape index (κ2) is 5.60. The van der Waals surface area contributed by atoms with Crippen LogP contribution in [0.1, 0.15) is 10.4 Å². The first-order valence-electron chi connectivity index (χ1n) is 5.61. The number of benzene rings is 1. The molecule has 0 aliphatic heterocycles. The van der Waals surface area contributed by atoms with Crippen molar-refractivity contribution in [3.63, 3.8) is 0 Å². The lowest BCUT2D eigenvalue weighted by Crippen LogP contribution is -2.16. The van der Waals surface area contributed by atoms with E-state index in [2.05, 4.69) is 15.6 Å². The second-order valence-corrected chi connectivity index (χ2v) is 3.85. The standard InChI is InChI=1S/C13H10F3N3O/c1-17-12-8(3-2-4-18-12)13(20)19-11-9(15)5-7(14)6-10(11)16/h2-6H,1H3,(H,17,18)(H,19,20). The number of pyridine rings is 1. The maximum absolute atomic E-state index is 13.4. The van der Waals surface area contributed by atoms with Gasteiger partial charge < -0.3 is 10.6 Å². The van der Waals surface area contributed by atoms with Gasteiger partial charge in [0.15, 0.2) is 11.6 Å². The van der Waals surface area contributed by atoms with Gasteiger partial charge in [0.1, 0.15) is 17.3 Å². The van der Waals surface area contributed by atoms with E-state index in [0.717, 1.165) is 0 Å². The molecule has 0 spiro atoms. The van der Waals surface area contributed by atoms with Crippen LogP contribution < -0.4 is 10.6 Å². The first-order valence-corrected chi connectivity index (χ1v) is 5.61. The van der Waals surface area contributed by atoms with E-state index < -0.39 is 29.0 Å². The molecule has 1 heterocycles. The van der Waals surface area contributed by atoms with Gasteiger partial charge in [-0.15, -0.1) is 0 Å². The molecule has 0 aliphatic carbocycles. The summed E-state index contributed by atoms with van der Waals surface area (Å²) in [4.78, 5) is 15.9. The van der Waals surface area contributed by atoms with Crippen LogP contribution in [0.2, 0.25) is 0 Å². The van der Waals surface area contributed by atoms with Crippen molar-refractivity contribution in [3.8, 4) is 0 Å². The molecule has 0 radical (unpaired) electrons. The molecule has 2 aromatic rings. The van der Waals surface area contributed by atoms with Crippen LogP contribution in [0.25, 0.3) is 0 Å². The van der Waals surface area contributed by atoms with Gasteiger partial charge in [-0.25, -0.2) is 18.2 Å². The van der Waals surface area contributed by atoms with Crippen molar-refractivity contribution in [2.45, 2.75) is 0 Å². The van der Waals surface area contributed by atoms with Crippen LogP contribution in [0.3, 0.4) is 0 Å². The molecule has 1 aromatic heterocycles. The van der Waals surface area contributed by atoms with Crippen LogP contribution in [0.4, 0.5) is 24.7 Å². The molecule has 20 heavy (non-hydrogen) atoms. The van der Waals surface area contributed by atoms with Crippen molar-refractivity contribution < 1.29 is 18.0 Å². The average molecular weight is 281 g/mol. The Morgan fingerprint density at radius 3 is 2.45 bits per heavy atom. The monoisotopic (exact) mass is 281 g/mol. The molecule has 104 valence electrons. The van der Waals surface area contributed by atoms with Gasteiger partial charge in [0.25, 0.3) is 5.91 Å². The number of aromatic nitrogens is 1. The number of halogens is 3. The highest BCUT2D eigenvalue weighted by atomic mass is 19.1. The molecule has 0 aliphatic rings. The van der Waals surface area contributed by atoms with Gasteiger partial charge in [-0.05, 0) is 12.1 Å². The largest absolute Gasteiger partial charge is 0.372 e. The zero-order valence-corrected chi connectivity index (χ0v) is 10.4. The van der Waals surface area contributed by atoms with E-state index >= 15 is 0 Å². The van der Waals surface area contributed by atoms with Crippen LogP contribution >= 0.6 is 0 Å². The molecule has 2 N–H and O–H groups in total. The van der Waals surface area contributed by atoms with Crippen molar-refractivity contribution in [1.29, 1.82) is 0 Å². The number of hydrogen-bond donors (Lipinski definition) is 2. The number of anilines is 2. The molecule has 0 bridgehead atoms. The Bertz CT molecular complexity index is 638. The number of carbonyl (C=O) groups is 1. The lowest BCUT2D eigenvalue weighted by atomic mass is 10.2. The van der Waals surface area contributed by atoms with Gasteiger partial charge in [-0.2, -0.15) is 0 Å². The predicted molar refractivity (Wildman–Crippen MR) is 68.1 cm³/mol. The first-order chi connectivity index (χ1) is 9.52. The van der Waals surface area contributed by atoms with Gasteiger partial charge in [0, 0.05) is 25.4 Å². The van der Waals surface area contributed by atoms with E-state index in [-0.39, 0.29) is 11.4 Å². The van der Waals surface area contributed by atoms with Gasteiger partial charge in [0.05, 0.1) is 5.56 Å². The highest BCUT2D eigenvalue weighted by molar-refractivity contribution is 6.07. The topological polar surface area (TPSA) is 54.0 Å². The zero-order valence-electron chi connectivity index (χ0n) is 10.4. The number of nitrogens with one attached hydrogen (secondary N) is 2. The Morgan fingerprint density at radius 2 is 1.85 bits per heavy atom. The van der Waals surface area contributed by atoms with Gasteiger partial charge >= 0.3 is 0 Å². The summed E-state index contributed by atoms with van der Waals surface area (Å²) in [6.45, 7) is 0. The molecule has 1 amide bonds. The summed E-state index contributed by atoms with van der Waals surface area (Å²) < 4.78 is 39.7. The normalized spacial score (nSPS) is 10.2. The summed E-state index contributed by atoms with van der Waals surface area (Å²) in [5.41, 5.74) is -0.597. The summed E-state index contributed by atoms with van der Waals surface area (Å²) in [6.07, 6.45) is 1.46. The molecule has 0 unspecified atom stereocenters. The number of hydrogen-bond acceptors (Lipinski definition) is 3. The molecule has 0 atom stereocenters. The Kier molecular flexibility index (Phi) is 3.88. The Hall–Kier alpha value is -2.57. The third-order valence-electron chi connectivity index (χ3n) is 2.53. The minimum atomic E-state index is -1.19. The van der Waals surface area contributed by atoms with Crippen molar-refractivity contribution in [2.24, 2.45) is 0 Å². The Morgan fingerprint density at radius 1 is 1.20 bits per heavy atom. The van der Waals surface area contributed by atoms with Gasteiger partial charge in [0.2, 0.25) is 0 Å². The lowest BCUT2D eigenvalue weighted by molar-refractivity contribution is 0.102. The van der Waals surface area contributed by atoms with Gasteiger partial charge in [-0.1, -0.05) is 0 Å². The van der Waals surface area contributed by atoms with Crippen LogP contribution in [0.15, 0.2) is 30.5 Å². The summed E-state index contributed by atoms with van der Waals surface area (Å²) in [7, 11) is 1.55. The maximum atomic E-state index is 13.4. The Labute approximate surface area is 112 Å². The van der Waals surface area contributed by atoms with Crippen molar-refractivity contribution >= 4 is 17.4 Å². The molecule has 1 aromatic carbocycles. The maximum Gasteiger partial charge on any atom is 0.259 e. The fourth-order valence-electron chi connectivity index (χ4n) is 1.63. The van der Waals surface area contributed by atoms with E-state index in [1.807, 2.05) is 0 Å². The van der Waals surface area contributed by atoms with Crippen LogP contribution in [-0.4, -0.2) is 17.9 Å². The smallest absolute Gasteiger partial charge is 0.259 e. The summed E-state index contributed by atoms with van der Waals surface area (Å²) in [5, 5.41) is 4.74. The first kappa shape index (κ1) is 13.9. The van der Waals surface area contributed by atoms with E-state index in [1.54, 1.807) is 7.05 Å². The van der Waals surface area contributed by atoms with Crippen molar-refractivity contribution in [1.82, 2.24) is 4.98 Å². The van der Waals surface area contributed by atoms with Crippen LogP contribution in [-0.2, 0) is 0 Å². The number of carbonyl (C=O) groups excluding carboxylic acids is 1. The molecule has 0 saturated carbocycles. The fourth-order valence-corrected chi connectivity index (χ4v) is 1.63. The van der Waals surface area contributed by atoms with E-state index in [1.165, 1.54) is 18.3 Å². The van der Waals surface area contributed by atoms with E-state index in [0.29, 0.717) is 12.1 Å². The second-order valence-electron chi connectivity index (χ2n) is 3.85. The number of nitrogens with zero attached hydrogens (tertiary/aromatic N) is 1. The molecule has 0 fully saturated rings. The third kappa shape index (κ3) is 2.71. The summed E-state index contributed by atoms with van der Waals surface area (Å²) in [6, 6.07) is 3.92. The molecule has 0 saturated heterocycles. The quantitative estimate of drug-likeness (QED) is 0.909. The van der Waals surface area contributed by atoms with Crippen LogP contribution in [0, 0.1) is 17.5 Å². The van der Waals surface area contributed by atoms with Crippen molar-refractivity contribution in [3.05, 3.63) is 53.5 Å². The lowest BCUT2D eigenvalue weighted by Gasteiger charge is -2.10. The minimum Gasteiger partial charge on any atom is -0.372 e. The molecule has 2 rings (SSSR count). The van der Waals surface area contributed by atoms with E-state index in [9.17, 15) is 18.0 Å². The number of amides is 1. The van der Waals surface area contributed by atoms with Crippen molar-refractivity contribution in [2.75, 3.05) is 17.7 Å². The minimum absolute atomic E-state index is 0.109. The average Bonchev–Trinajstić information content (AvgIpc) is 2.42.